The standard InChI is InChI=1S/C17H19NO2/c1-5-17(4)11-12(2)10-13(3)16(17)14-6-8-15(9-7-14)18(19)20/h5-11,16H,1H2,2-4H3/t16-,17+/m0/s1. The van der Waals surface area contributed by atoms with E-state index in [2.05, 4.69) is 39.5 Å². The van der Waals surface area contributed by atoms with Crippen molar-refractivity contribution in [2.24, 2.45) is 5.41 Å². The molecule has 1 aromatic carbocycles. The van der Waals surface area contributed by atoms with E-state index in [9.17, 15) is 10.1 Å². The van der Waals surface area contributed by atoms with Crippen molar-refractivity contribution in [1.82, 2.24) is 0 Å². The van der Waals surface area contributed by atoms with Crippen molar-refractivity contribution in [1.29, 1.82) is 0 Å². The summed E-state index contributed by atoms with van der Waals surface area (Å²) < 4.78 is 0. The van der Waals surface area contributed by atoms with Crippen LogP contribution in [-0.4, -0.2) is 4.92 Å². The second-order valence-corrected chi connectivity index (χ2v) is 5.63. The van der Waals surface area contributed by atoms with Crippen molar-refractivity contribution in [2.45, 2.75) is 26.7 Å². The maximum Gasteiger partial charge on any atom is 0.269 e. The van der Waals surface area contributed by atoms with E-state index >= 15 is 0 Å². The summed E-state index contributed by atoms with van der Waals surface area (Å²) in [4.78, 5) is 10.4. The number of nitro groups is 1. The van der Waals surface area contributed by atoms with Crippen LogP contribution in [0.2, 0.25) is 0 Å². The lowest BCUT2D eigenvalue weighted by molar-refractivity contribution is -0.384. The minimum absolute atomic E-state index is 0.123. The first-order valence-electron chi connectivity index (χ1n) is 6.63. The predicted octanol–water partition coefficient (Wildman–Crippen LogP) is 4.78. The summed E-state index contributed by atoms with van der Waals surface area (Å²) in [7, 11) is 0. The third kappa shape index (κ3) is 2.44. The smallest absolute Gasteiger partial charge is 0.258 e. The number of rotatable bonds is 3. The fraction of sp³-hybridized carbons (Fsp3) is 0.294. The van der Waals surface area contributed by atoms with Crippen LogP contribution in [0.5, 0.6) is 0 Å². The molecule has 2 rings (SSSR count). The number of hydrogen-bond acceptors (Lipinski definition) is 2. The van der Waals surface area contributed by atoms with Gasteiger partial charge in [-0.1, -0.05) is 48.4 Å². The van der Waals surface area contributed by atoms with E-state index in [0.717, 1.165) is 5.56 Å². The van der Waals surface area contributed by atoms with E-state index in [-0.39, 0.29) is 21.9 Å². The van der Waals surface area contributed by atoms with Crippen LogP contribution >= 0.6 is 0 Å². The molecule has 0 unspecified atom stereocenters. The molecule has 1 aliphatic carbocycles. The Kier molecular flexibility index (Phi) is 3.62. The molecule has 1 aliphatic rings. The number of nitro benzene ring substituents is 1. The topological polar surface area (TPSA) is 43.1 Å². The van der Waals surface area contributed by atoms with E-state index in [1.807, 2.05) is 18.2 Å². The Labute approximate surface area is 119 Å². The minimum atomic E-state index is -0.371. The molecule has 3 heteroatoms. The lowest BCUT2D eigenvalue weighted by Gasteiger charge is -2.37. The van der Waals surface area contributed by atoms with E-state index in [4.69, 9.17) is 0 Å². The molecule has 0 amide bonds. The molecule has 1 aromatic rings. The maximum atomic E-state index is 10.7. The van der Waals surface area contributed by atoms with Crippen molar-refractivity contribution in [3.8, 4) is 0 Å². The van der Waals surface area contributed by atoms with Gasteiger partial charge in [-0.25, -0.2) is 0 Å². The van der Waals surface area contributed by atoms with Crippen molar-refractivity contribution >= 4 is 5.69 Å². The highest BCUT2D eigenvalue weighted by molar-refractivity contribution is 5.45. The van der Waals surface area contributed by atoms with Gasteiger partial charge in [0.2, 0.25) is 0 Å². The minimum Gasteiger partial charge on any atom is -0.258 e. The third-order valence-corrected chi connectivity index (χ3v) is 3.95. The second-order valence-electron chi connectivity index (χ2n) is 5.63. The Morgan fingerprint density at radius 2 is 1.90 bits per heavy atom. The summed E-state index contributed by atoms with van der Waals surface area (Å²) in [6, 6.07) is 6.82. The van der Waals surface area contributed by atoms with Gasteiger partial charge in [-0.3, -0.25) is 10.1 Å². The van der Waals surface area contributed by atoms with Gasteiger partial charge < -0.3 is 0 Å². The van der Waals surface area contributed by atoms with Crippen LogP contribution < -0.4 is 0 Å². The van der Waals surface area contributed by atoms with Gasteiger partial charge >= 0.3 is 0 Å². The van der Waals surface area contributed by atoms with Crippen LogP contribution in [-0.2, 0) is 0 Å². The predicted molar refractivity (Wildman–Crippen MR) is 81.7 cm³/mol. The number of benzene rings is 1. The fourth-order valence-electron chi connectivity index (χ4n) is 3.14. The van der Waals surface area contributed by atoms with Gasteiger partial charge in [0.1, 0.15) is 0 Å². The summed E-state index contributed by atoms with van der Waals surface area (Å²) in [5.41, 5.74) is 3.51. The molecule has 3 nitrogen and oxygen atoms in total. The summed E-state index contributed by atoms with van der Waals surface area (Å²) in [6.07, 6.45) is 6.33. The molecule has 0 spiro atoms. The largest absolute Gasteiger partial charge is 0.269 e. The molecule has 0 radical (unpaired) electrons. The zero-order chi connectivity index (χ0) is 14.9. The summed E-state index contributed by atoms with van der Waals surface area (Å²) in [6.45, 7) is 10.3. The molecule has 0 saturated carbocycles. The van der Waals surface area contributed by atoms with Crippen molar-refractivity contribution in [2.75, 3.05) is 0 Å². The van der Waals surface area contributed by atoms with Crippen LogP contribution in [0, 0.1) is 15.5 Å². The van der Waals surface area contributed by atoms with Crippen LogP contribution in [0.25, 0.3) is 0 Å². The van der Waals surface area contributed by atoms with Gasteiger partial charge in [-0.15, -0.1) is 6.58 Å². The van der Waals surface area contributed by atoms with E-state index in [1.165, 1.54) is 11.1 Å². The summed E-state index contributed by atoms with van der Waals surface area (Å²) in [5.74, 6) is 0.171. The van der Waals surface area contributed by atoms with Crippen LogP contribution in [0.4, 0.5) is 5.69 Å². The Morgan fingerprint density at radius 1 is 1.30 bits per heavy atom. The highest BCUT2D eigenvalue weighted by Gasteiger charge is 2.34. The van der Waals surface area contributed by atoms with Gasteiger partial charge in [-0.2, -0.15) is 0 Å². The van der Waals surface area contributed by atoms with Crippen LogP contribution in [0.3, 0.4) is 0 Å². The Balaban J connectivity index is 2.47. The molecule has 0 N–H and O–H groups in total. The van der Waals surface area contributed by atoms with Crippen molar-refractivity contribution < 1.29 is 4.92 Å². The molecular formula is C17H19NO2. The van der Waals surface area contributed by atoms with Gasteiger partial charge in [0, 0.05) is 23.5 Å². The van der Waals surface area contributed by atoms with Gasteiger partial charge in [0.25, 0.3) is 5.69 Å². The molecule has 104 valence electrons. The molecule has 0 bridgehead atoms. The van der Waals surface area contributed by atoms with E-state index < -0.39 is 0 Å². The molecule has 0 fully saturated rings. The van der Waals surface area contributed by atoms with E-state index in [0.29, 0.717) is 0 Å². The quantitative estimate of drug-likeness (QED) is 0.450. The number of nitrogens with zero attached hydrogens (tertiary/aromatic N) is 1. The fourth-order valence-corrected chi connectivity index (χ4v) is 3.14. The molecular weight excluding hydrogens is 250 g/mol. The van der Waals surface area contributed by atoms with Crippen LogP contribution in [0.1, 0.15) is 32.3 Å². The average Bonchev–Trinajstić information content (AvgIpc) is 2.38. The van der Waals surface area contributed by atoms with Gasteiger partial charge in [0.15, 0.2) is 0 Å². The lowest BCUT2D eigenvalue weighted by Crippen LogP contribution is -2.25. The average molecular weight is 269 g/mol. The SMILES string of the molecule is C=C[C@]1(C)C=C(C)C=C(C)[C@H]1c1ccc([N+](=O)[O-])cc1. The summed E-state index contributed by atoms with van der Waals surface area (Å²) in [5, 5.41) is 10.7. The zero-order valence-corrected chi connectivity index (χ0v) is 12.1. The molecule has 0 aromatic heterocycles. The number of hydrogen-bond donors (Lipinski definition) is 0. The number of allylic oxidation sites excluding steroid dienone is 5. The third-order valence-electron chi connectivity index (χ3n) is 3.95. The molecule has 2 atom stereocenters. The van der Waals surface area contributed by atoms with Crippen LogP contribution in [0.15, 0.2) is 60.2 Å². The van der Waals surface area contributed by atoms with E-state index in [1.54, 1.807) is 12.1 Å². The molecule has 0 heterocycles. The van der Waals surface area contributed by atoms with Gasteiger partial charge in [0.05, 0.1) is 4.92 Å². The highest BCUT2D eigenvalue weighted by Crippen LogP contribution is 2.47. The molecule has 0 aliphatic heterocycles. The normalized spacial score (nSPS) is 25.6. The molecule has 20 heavy (non-hydrogen) atoms. The van der Waals surface area contributed by atoms with Crippen molar-refractivity contribution in [3.05, 3.63) is 75.9 Å². The Bertz CT molecular complexity index is 610. The second kappa shape index (κ2) is 5.08. The summed E-state index contributed by atoms with van der Waals surface area (Å²) >= 11 is 0. The van der Waals surface area contributed by atoms with Gasteiger partial charge in [-0.05, 0) is 19.4 Å². The van der Waals surface area contributed by atoms with Crippen molar-refractivity contribution in [3.63, 3.8) is 0 Å². The first-order chi connectivity index (χ1) is 9.37. The first-order valence-corrected chi connectivity index (χ1v) is 6.63. The maximum absolute atomic E-state index is 10.7. The lowest BCUT2D eigenvalue weighted by atomic mass is 9.66. The molecule has 0 saturated heterocycles. The Morgan fingerprint density at radius 3 is 2.40 bits per heavy atom. The first kappa shape index (κ1) is 14.3. The number of non-ortho nitro benzene ring substituents is 1. The highest BCUT2D eigenvalue weighted by atomic mass is 16.6. The Hall–Kier alpha value is -2.16. The monoisotopic (exact) mass is 269 g/mol. The zero-order valence-electron chi connectivity index (χ0n) is 12.1.